The van der Waals surface area contributed by atoms with Crippen molar-refractivity contribution in [3.8, 4) is 5.75 Å². The number of methoxy groups -OCH3 is 1. The van der Waals surface area contributed by atoms with E-state index in [1.165, 1.54) is 16.3 Å². The number of thioether (sulfide) groups is 1. The van der Waals surface area contributed by atoms with Crippen molar-refractivity contribution in [2.24, 2.45) is 0 Å². The smallest absolute Gasteiger partial charge is 0.276 e. The van der Waals surface area contributed by atoms with Crippen molar-refractivity contribution < 1.29 is 9.15 Å². The number of fused-ring (bicyclic) bond motifs is 1. The van der Waals surface area contributed by atoms with Crippen LogP contribution in [0, 0.1) is 0 Å². The van der Waals surface area contributed by atoms with Gasteiger partial charge in [0.15, 0.2) is 0 Å². The van der Waals surface area contributed by atoms with Crippen LogP contribution in [0.5, 0.6) is 5.75 Å². The number of hydrogen-bond donors (Lipinski definition) is 0. The van der Waals surface area contributed by atoms with Crippen molar-refractivity contribution >= 4 is 22.5 Å². The largest absolute Gasteiger partial charge is 0.497 e. The Bertz CT molecular complexity index is 1010. The molecule has 0 fully saturated rings. The van der Waals surface area contributed by atoms with Crippen LogP contribution in [0.15, 0.2) is 76.4 Å². The van der Waals surface area contributed by atoms with Crippen LogP contribution in [-0.2, 0) is 12.2 Å². The van der Waals surface area contributed by atoms with Gasteiger partial charge in [-0.2, -0.15) is 0 Å². The summed E-state index contributed by atoms with van der Waals surface area (Å²) >= 11 is 1.57. The summed E-state index contributed by atoms with van der Waals surface area (Å²) in [6.07, 6.45) is 0.617. The molecule has 0 spiro atoms. The standard InChI is InChI=1S/C21H18N2O2S/c1-24-18-11-9-15(10-12-18)13-20-22-23-21(25-20)26-14-17-7-4-6-16-5-2-3-8-19(16)17/h2-12H,13-14H2,1H3. The molecule has 26 heavy (non-hydrogen) atoms. The van der Waals surface area contributed by atoms with Gasteiger partial charge in [0.05, 0.1) is 13.5 Å². The minimum atomic E-state index is 0.599. The van der Waals surface area contributed by atoms with Gasteiger partial charge < -0.3 is 9.15 Å². The summed E-state index contributed by atoms with van der Waals surface area (Å²) in [5, 5.41) is 11.4. The average molecular weight is 362 g/mol. The Morgan fingerprint density at radius 3 is 2.58 bits per heavy atom. The highest BCUT2D eigenvalue weighted by Crippen LogP contribution is 2.27. The molecule has 0 bridgehead atoms. The SMILES string of the molecule is COc1ccc(Cc2nnc(SCc3cccc4ccccc34)o2)cc1. The number of benzene rings is 3. The van der Waals surface area contributed by atoms with E-state index in [2.05, 4.69) is 52.7 Å². The summed E-state index contributed by atoms with van der Waals surface area (Å²) in [5.41, 5.74) is 2.38. The second-order valence-corrected chi connectivity index (χ2v) is 6.84. The Labute approximate surface area is 156 Å². The molecule has 5 heteroatoms. The number of hydrogen-bond acceptors (Lipinski definition) is 5. The highest BCUT2D eigenvalue weighted by Gasteiger charge is 2.09. The third kappa shape index (κ3) is 3.73. The van der Waals surface area contributed by atoms with Crippen molar-refractivity contribution in [2.75, 3.05) is 7.11 Å². The third-order valence-corrected chi connectivity index (χ3v) is 5.06. The van der Waals surface area contributed by atoms with Gasteiger partial charge in [-0.05, 0) is 34.0 Å². The molecule has 0 unspecified atom stereocenters. The van der Waals surface area contributed by atoms with E-state index in [1.807, 2.05) is 24.3 Å². The second-order valence-electron chi connectivity index (χ2n) is 5.91. The maximum Gasteiger partial charge on any atom is 0.276 e. The lowest BCUT2D eigenvalue weighted by atomic mass is 10.1. The zero-order valence-electron chi connectivity index (χ0n) is 14.4. The quantitative estimate of drug-likeness (QED) is 0.446. The van der Waals surface area contributed by atoms with Crippen molar-refractivity contribution in [3.63, 3.8) is 0 Å². The number of ether oxygens (including phenoxy) is 1. The van der Waals surface area contributed by atoms with Crippen molar-refractivity contribution in [2.45, 2.75) is 17.4 Å². The lowest BCUT2D eigenvalue weighted by Crippen LogP contribution is -1.89. The van der Waals surface area contributed by atoms with Crippen LogP contribution >= 0.6 is 11.8 Å². The molecular formula is C21H18N2O2S. The lowest BCUT2D eigenvalue weighted by molar-refractivity contribution is 0.413. The highest BCUT2D eigenvalue weighted by molar-refractivity contribution is 7.98. The van der Waals surface area contributed by atoms with Gasteiger partial charge in [0.1, 0.15) is 5.75 Å². The maximum atomic E-state index is 5.79. The van der Waals surface area contributed by atoms with Gasteiger partial charge in [-0.15, -0.1) is 10.2 Å². The molecule has 0 amide bonds. The Hall–Kier alpha value is -2.79. The van der Waals surface area contributed by atoms with Gasteiger partial charge in [0.2, 0.25) is 5.89 Å². The molecule has 4 nitrogen and oxygen atoms in total. The molecule has 1 aromatic heterocycles. The van der Waals surface area contributed by atoms with Crippen LogP contribution in [0.2, 0.25) is 0 Å². The molecular weight excluding hydrogens is 344 g/mol. The minimum absolute atomic E-state index is 0.599. The fourth-order valence-corrected chi connectivity index (χ4v) is 3.63. The summed E-state index contributed by atoms with van der Waals surface area (Å²) in [6, 6.07) is 22.6. The first-order valence-electron chi connectivity index (χ1n) is 8.36. The normalized spacial score (nSPS) is 11.0. The molecule has 4 rings (SSSR count). The predicted octanol–water partition coefficient (Wildman–Crippen LogP) is 5.11. The predicted molar refractivity (Wildman–Crippen MR) is 104 cm³/mol. The molecule has 130 valence electrons. The minimum Gasteiger partial charge on any atom is -0.497 e. The first kappa shape index (κ1) is 16.7. The molecule has 0 saturated carbocycles. The first-order chi connectivity index (χ1) is 12.8. The summed E-state index contributed by atoms with van der Waals surface area (Å²) < 4.78 is 11.0. The monoisotopic (exact) mass is 362 g/mol. The van der Waals surface area contributed by atoms with E-state index in [-0.39, 0.29) is 0 Å². The summed E-state index contributed by atoms with van der Waals surface area (Å²) in [7, 11) is 1.66. The van der Waals surface area contributed by atoms with Gasteiger partial charge in [0, 0.05) is 5.75 Å². The van der Waals surface area contributed by atoms with E-state index in [9.17, 15) is 0 Å². The zero-order chi connectivity index (χ0) is 17.8. The van der Waals surface area contributed by atoms with Crippen molar-refractivity contribution in [1.82, 2.24) is 10.2 Å². The molecule has 1 heterocycles. The molecule has 0 aliphatic heterocycles. The van der Waals surface area contributed by atoms with E-state index in [0.29, 0.717) is 17.5 Å². The van der Waals surface area contributed by atoms with Crippen LogP contribution < -0.4 is 4.74 Å². The topological polar surface area (TPSA) is 48.2 Å². The van der Waals surface area contributed by atoms with Crippen molar-refractivity contribution in [1.29, 1.82) is 0 Å². The Balaban J connectivity index is 1.43. The van der Waals surface area contributed by atoms with Gasteiger partial charge >= 0.3 is 0 Å². The highest BCUT2D eigenvalue weighted by atomic mass is 32.2. The second kappa shape index (κ2) is 7.62. The molecule has 0 aliphatic carbocycles. The molecule has 4 aromatic rings. The molecule has 0 atom stereocenters. The fourth-order valence-electron chi connectivity index (χ4n) is 2.84. The third-order valence-electron chi connectivity index (χ3n) is 4.19. The fraction of sp³-hybridized carbons (Fsp3) is 0.143. The van der Waals surface area contributed by atoms with Gasteiger partial charge in [0.25, 0.3) is 5.22 Å². The average Bonchev–Trinajstić information content (AvgIpc) is 3.14. The van der Waals surface area contributed by atoms with Gasteiger partial charge in [-0.25, -0.2) is 0 Å². The first-order valence-corrected chi connectivity index (χ1v) is 9.35. The van der Waals surface area contributed by atoms with E-state index in [0.717, 1.165) is 17.1 Å². The number of rotatable bonds is 6. The molecule has 3 aromatic carbocycles. The van der Waals surface area contributed by atoms with Gasteiger partial charge in [-0.3, -0.25) is 0 Å². The summed E-state index contributed by atoms with van der Waals surface area (Å²) in [6.45, 7) is 0. The van der Waals surface area contributed by atoms with E-state index in [4.69, 9.17) is 9.15 Å². The molecule has 0 N–H and O–H groups in total. The van der Waals surface area contributed by atoms with Crippen LogP contribution in [0.3, 0.4) is 0 Å². The van der Waals surface area contributed by atoms with E-state index in [1.54, 1.807) is 18.9 Å². The lowest BCUT2D eigenvalue weighted by Gasteiger charge is -2.04. The van der Waals surface area contributed by atoms with E-state index >= 15 is 0 Å². The van der Waals surface area contributed by atoms with Crippen LogP contribution in [-0.4, -0.2) is 17.3 Å². The number of nitrogens with zero attached hydrogens (tertiary/aromatic N) is 2. The molecule has 0 saturated heterocycles. The Morgan fingerprint density at radius 1 is 0.923 bits per heavy atom. The van der Waals surface area contributed by atoms with Crippen molar-refractivity contribution in [3.05, 3.63) is 83.7 Å². The molecule has 0 aliphatic rings. The van der Waals surface area contributed by atoms with E-state index < -0.39 is 0 Å². The Morgan fingerprint density at radius 2 is 1.73 bits per heavy atom. The molecule has 0 radical (unpaired) electrons. The zero-order valence-corrected chi connectivity index (χ0v) is 15.2. The van der Waals surface area contributed by atoms with Crippen LogP contribution in [0.25, 0.3) is 10.8 Å². The van der Waals surface area contributed by atoms with Gasteiger partial charge in [-0.1, -0.05) is 66.4 Å². The number of aromatic nitrogens is 2. The summed E-state index contributed by atoms with van der Waals surface area (Å²) in [4.78, 5) is 0. The maximum absolute atomic E-state index is 5.79. The Kier molecular flexibility index (Phi) is 4.88. The van der Waals surface area contributed by atoms with Crippen LogP contribution in [0.4, 0.5) is 0 Å². The van der Waals surface area contributed by atoms with Crippen LogP contribution in [0.1, 0.15) is 17.0 Å². The summed E-state index contributed by atoms with van der Waals surface area (Å²) in [5.74, 6) is 2.26.